The molecule has 1 saturated heterocycles. The van der Waals surface area contributed by atoms with Gasteiger partial charge in [-0.15, -0.1) is 0 Å². The lowest BCUT2D eigenvalue weighted by Gasteiger charge is -2.24. The highest BCUT2D eigenvalue weighted by atomic mass is 79.9. The molecule has 1 fully saturated rings. The smallest absolute Gasteiger partial charge is 0.169 e. The molecular weight excluding hydrogens is 282 g/mol. The Balaban J connectivity index is 1.82. The second kappa shape index (κ2) is 6.57. The Morgan fingerprint density at radius 3 is 2.94 bits per heavy atom. The van der Waals surface area contributed by atoms with Gasteiger partial charge in [0.25, 0.3) is 0 Å². The van der Waals surface area contributed by atoms with E-state index in [1.165, 1.54) is 19.3 Å². The number of hydrogen-bond donors (Lipinski definition) is 1. The lowest BCUT2D eigenvalue weighted by molar-refractivity contribution is 0.00833. The Hall–Kier alpha value is -0.320. The topological polar surface area (TPSA) is 34.4 Å². The van der Waals surface area contributed by atoms with Crippen molar-refractivity contribution >= 4 is 15.9 Å². The van der Waals surface area contributed by atoms with E-state index in [0.717, 1.165) is 29.9 Å². The van der Waals surface area contributed by atoms with Crippen LogP contribution in [0.2, 0.25) is 0 Å². The molecule has 1 N–H and O–H groups in total. The molecule has 17 heavy (non-hydrogen) atoms. The fourth-order valence-corrected chi connectivity index (χ4v) is 2.65. The summed E-state index contributed by atoms with van der Waals surface area (Å²) in [5.41, 5.74) is 0. The second-order valence-electron chi connectivity index (χ2n) is 4.55. The van der Waals surface area contributed by atoms with E-state index in [9.17, 15) is 0 Å². The molecule has 96 valence electrons. The molecule has 1 aliphatic heterocycles. The van der Waals surface area contributed by atoms with Crippen LogP contribution < -0.4 is 5.32 Å². The van der Waals surface area contributed by atoms with Crippen LogP contribution in [0.15, 0.2) is 21.2 Å². The Morgan fingerprint density at radius 1 is 1.47 bits per heavy atom. The first-order valence-corrected chi connectivity index (χ1v) is 7.13. The van der Waals surface area contributed by atoms with Crippen molar-refractivity contribution in [3.8, 4) is 0 Å². The highest BCUT2D eigenvalue weighted by Gasteiger charge is 2.18. The maximum absolute atomic E-state index is 5.75. The minimum absolute atomic E-state index is 0.284. The summed E-state index contributed by atoms with van der Waals surface area (Å²) in [6.45, 7) is 0.932. The zero-order valence-corrected chi connectivity index (χ0v) is 11.8. The summed E-state index contributed by atoms with van der Waals surface area (Å²) < 4.78 is 12.1. The van der Waals surface area contributed by atoms with Crippen LogP contribution in [0.25, 0.3) is 0 Å². The van der Waals surface area contributed by atoms with E-state index < -0.39 is 0 Å². The average molecular weight is 302 g/mol. The van der Waals surface area contributed by atoms with Gasteiger partial charge in [0.05, 0.1) is 12.1 Å². The van der Waals surface area contributed by atoms with Crippen LogP contribution in [-0.2, 0) is 4.74 Å². The van der Waals surface area contributed by atoms with Gasteiger partial charge in [-0.05, 0) is 67.2 Å². The minimum Gasteiger partial charge on any atom is -0.453 e. The minimum atomic E-state index is 0.284. The van der Waals surface area contributed by atoms with Crippen molar-refractivity contribution in [3.63, 3.8) is 0 Å². The molecule has 0 bridgehead atoms. The Bertz CT molecular complexity index is 334. The third-order valence-corrected chi connectivity index (χ3v) is 3.76. The summed E-state index contributed by atoms with van der Waals surface area (Å²) in [6, 6.07) is 4.25. The summed E-state index contributed by atoms with van der Waals surface area (Å²) in [5, 5.41) is 3.30. The lowest BCUT2D eigenvalue weighted by Crippen LogP contribution is -2.22. The standard InChI is InChI=1S/C13H20BrNO2/c1-15-11(12-7-8-13(14)17-12)6-5-10-4-2-3-9-16-10/h7-8,10-11,15H,2-6,9H2,1H3. The molecule has 1 aliphatic rings. The van der Waals surface area contributed by atoms with Gasteiger partial charge in [-0.2, -0.15) is 0 Å². The first kappa shape index (κ1) is 13.1. The van der Waals surface area contributed by atoms with Crippen molar-refractivity contribution in [2.75, 3.05) is 13.7 Å². The Labute approximate surface area is 111 Å². The molecule has 2 unspecified atom stereocenters. The van der Waals surface area contributed by atoms with Gasteiger partial charge in [-0.3, -0.25) is 0 Å². The molecule has 0 radical (unpaired) electrons. The van der Waals surface area contributed by atoms with E-state index in [0.29, 0.717) is 6.10 Å². The summed E-state index contributed by atoms with van der Waals surface area (Å²) in [5.74, 6) is 0.996. The van der Waals surface area contributed by atoms with Gasteiger partial charge in [-0.1, -0.05) is 0 Å². The molecule has 3 nitrogen and oxygen atoms in total. The molecule has 4 heteroatoms. The highest BCUT2D eigenvalue weighted by Crippen LogP contribution is 2.26. The van der Waals surface area contributed by atoms with E-state index >= 15 is 0 Å². The summed E-state index contributed by atoms with van der Waals surface area (Å²) in [4.78, 5) is 0. The molecule has 0 amide bonds. The number of furan rings is 1. The zero-order valence-electron chi connectivity index (χ0n) is 10.2. The predicted molar refractivity (Wildman–Crippen MR) is 71.0 cm³/mol. The maximum Gasteiger partial charge on any atom is 0.169 e. The van der Waals surface area contributed by atoms with Gasteiger partial charge in [-0.25, -0.2) is 0 Å². The molecule has 0 aliphatic carbocycles. The quantitative estimate of drug-likeness (QED) is 0.901. The van der Waals surface area contributed by atoms with Gasteiger partial charge in [0.2, 0.25) is 0 Å². The second-order valence-corrected chi connectivity index (χ2v) is 5.33. The van der Waals surface area contributed by atoms with Crippen molar-refractivity contribution in [3.05, 3.63) is 22.6 Å². The molecule has 0 spiro atoms. The normalized spacial score (nSPS) is 22.6. The van der Waals surface area contributed by atoms with Gasteiger partial charge in [0, 0.05) is 6.61 Å². The maximum atomic E-state index is 5.75. The van der Waals surface area contributed by atoms with Crippen LogP contribution >= 0.6 is 15.9 Å². The van der Waals surface area contributed by atoms with E-state index in [-0.39, 0.29) is 6.04 Å². The molecule has 2 heterocycles. The van der Waals surface area contributed by atoms with Crippen LogP contribution in [0.4, 0.5) is 0 Å². The monoisotopic (exact) mass is 301 g/mol. The fourth-order valence-electron chi connectivity index (χ4n) is 2.33. The summed E-state index contributed by atoms with van der Waals surface area (Å²) in [7, 11) is 1.98. The highest BCUT2D eigenvalue weighted by molar-refractivity contribution is 9.10. The number of halogens is 1. The van der Waals surface area contributed by atoms with Crippen molar-refractivity contribution in [2.45, 2.75) is 44.2 Å². The van der Waals surface area contributed by atoms with Crippen LogP contribution in [0.5, 0.6) is 0 Å². The van der Waals surface area contributed by atoms with Gasteiger partial charge >= 0.3 is 0 Å². The third kappa shape index (κ3) is 3.83. The van der Waals surface area contributed by atoms with Gasteiger partial charge in [0.1, 0.15) is 5.76 Å². The summed E-state index contributed by atoms with van der Waals surface area (Å²) >= 11 is 3.34. The lowest BCUT2D eigenvalue weighted by atomic mass is 10.0. The van der Waals surface area contributed by atoms with Crippen LogP contribution in [0, 0.1) is 0 Å². The van der Waals surface area contributed by atoms with Crippen molar-refractivity contribution in [2.24, 2.45) is 0 Å². The molecule has 1 aromatic heterocycles. The molecule has 2 rings (SSSR count). The number of nitrogens with one attached hydrogen (secondary N) is 1. The number of rotatable bonds is 5. The molecule has 1 aromatic rings. The largest absolute Gasteiger partial charge is 0.453 e. The zero-order chi connectivity index (χ0) is 12.1. The Kier molecular flexibility index (Phi) is 5.07. The molecular formula is C13H20BrNO2. The van der Waals surface area contributed by atoms with E-state index in [1.807, 2.05) is 19.2 Å². The van der Waals surface area contributed by atoms with Crippen LogP contribution in [0.1, 0.15) is 43.9 Å². The van der Waals surface area contributed by atoms with E-state index in [1.54, 1.807) is 0 Å². The Morgan fingerprint density at radius 2 is 2.35 bits per heavy atom. The predicted octanol–water partition coefficient (Wildman–Crippen LogP) is 3.65. The SMILES string of the molecule is CNC(CCC1CCCCO1)c1ccc(Br)o1. The van der Waals surface area contributed by atoms with E-state index in [2.05, 4.69) is 21.2 Å². The molecule has 0 aromatic carbocycles. The first-order chi connectivity index (χ1) is 8.29. The average Bonchev–Trinajstić information content (AvgIpc) is 2.78. The van der Waals surface area contributed by atoms with Gasteiger partial charge in [0.15, 0.2) is 4.67 Å². The number of ether oxygens (including phenoxy) is 1. The van der Waals surface area contributed by atoms with Crippen molar-refractivity contribution < 1.29 is 9.15 Å². The molecule has 0 saturated carbocycles. The molecule has 2 atom stereocenters. The fraction of sp³-hybridized carbons (Fsp3) is 0.692. The third-order valence-electron chi connectivity index (χ3n) is 3.34. The van der Waals surface area contributed by atoms with Crippen molar-refractivity contribution in [1.29, 1.82) is 0 Å². The summed E-state index contributed by atoms with van der Waals surface area (Å²) in [6.07, 6.45) is 6.33. The van der Waals surface area contributed by atoms with Crippen LogP contribution in [0.3, 0.4) is 0 Å². The van der Waals surface area contributed by atoms with Gasteiger partial charge < -0.3 is 14.5 Å². The number of hydrogen-bond acceptors (Lipinski definition) is 3. The van der Waals surface area contributed by atoms with Crippen LogP contribution in [-0.4, -0.2) is 19.8 Å². The van der Waals surface area contributed by atoms with E-state index in [4.69, 9.17) is 9.15 Å². The van der Waals surface area contributed by atoms with Crippen molar-refractivity contribution in [1.82, 2.24) is 5.32 Å². The first-order valence-electron chi connectivity index (χ1n) is 6.33.